The zero-order valence-electron chi connectivity index (χ0n) is 6.16. The highest BCUT2D eigenvalue weighted by Gasteiger charge is 2.21. The molecule has 1 aromatic rings. The minimum atomic E-state index is -0.0127. The maximum Gasteiger partial charge on any atom is 0.129 e. The minimum absolute atomic E-state index is 0.0127. The SMILES string of the molecule is CC(C)(CN)c1ncns1. The number of nitrogens with two attached hydrogens (primary N) is 1. The van der Waals surface area contributed by atoms with Crippen LogP contribution in [0.1, 0.15) is 18.9 Å². The van der Waals surface area contributed by atoms with E-state index in [4.69, 9.17) is 5.73 Å². The molecule has 1 aromatic heterocycles. The second-order valence-corrected chi connectivity index (χ2v) is 3.61. The average molecular weight is 157 g/mol. The van der Waals surface area contributed by atoms with Gasteiger partial charge in [-0.15, -0.1) is 0 Å². The van der Waals surface area contributed by atoms with Gasteiger partial charge in [-0.25, -0.2) is 4.98 Å². The van der Waals surface area contributed by atoms with Gasteiger partial charge in [-0.05, 0) is 11.5 Å². The fraction of sp³-hybridized carbons (Fsp3) is 0.667. The molecule has 3 nitrogen and oxygen atoms in total. The largest absolute Gasteiger partial charge is 0.330 e. The van der Waals surface area contributed by atoms with Crippen LogP contribution >= 0.6 is 11.5 Å². The van der Waals surface area contributed by atoms with Gasteiger partial charge in [-0.1, -0.05) is 13.8 Å². The molecule has 0 amide bonds. The monoisotopic (exact) mass is 157 g/mol. The molecule has 1 rings (SSSR count). The molecule has 0 radical (unpaired) electrons. The Morgan fingerprint density at radius 1 is 1.70 bits per heavy atom. The topological polar surface area (TPSA) is 51.8 Å². The number of nitrogens with zero attached hydrogens (tertiary/aromatic N) is 2. The fourth-order valence-corrected chi connectivity index (χ4v) is 1.18. The number of hydrogen-bond acceptors (Lipinski definition) is 4. The maximum atomic E-state index is 5.54. The Balaban J connectivity index is 2.85. The molecule has 0 fully saturated rings. The highest BCUT2D eigenvalue weighted by molar-refractivity contribution is 7.05. The van der Waals surface area contributed by atoms with E-state index in [1.807, 2.05) is 0 Å². The molecule has 2 N–H and O–H groups in total. The molecular formula is C6H11N3S. The molecule has 10 heavy (non-hydrogen) atoms. The number of rotatable bonds is 2. The van der Waals surface area contributed by atoms with Gasteiger partial charge in [0.2, 0.25) is 0 Å². The van der Waals surface area contributed by atoms with Crippen LogP contribution in [0.2, 0.25) is 0 Å². The molecule has 1 heterocycles. The van der Waals surface area contributed by atoms with Crippen molar-refractivity contribution in [1.29, 1.82) is 0 Å². The van der Waals surface area contributed by atoms with Crippen LogP contribution in [-0.2, 0) is 5.41 Å². The van der Waals surface area contributed by atoms with Gasteiger partial charge in [-0.2, -0.15) is 4.37 Å². The lowest BCUT2D eigenvalue weighted by Crippen LogP contribution is -2.27. The van der Waals surface area contributed by atoms with Crippen LogP contribution in [0.25, 0.3) is 0 Å². The molecule has 0 aliphatic carbocycles. The molecular weight excluding hydrogens is 146 g/mol. The van der Waals surface area contributed by atoms with Crippen molar-refractivity contribution in [2.24, 2.45) is 5.73 Å². The second kappa shape index (κ2) is 2.64. The molecule has 0 spiro atoms. The van der Waals surface area contributed by atoms with Crippen LogP contribution in [0, 0.1) is 0 Å². The Kier molecular flexibility index (Phi) is 2.01. The number of hydrogen-bond donors (Lipinski definition) is 1. The summed E-state index contributed by atoms with van der Waals surface area (Å²) < 4.78 is 3.91. The van der Waals surface area contributed by atoms with Crippen molar-refractivity contribution < 1.29 is 0 Å². The summed E-state index contributed by atoms with van der Waals surface area (Å²) in [5.41, 5.74) is 5.52. The summed E-state index contributed by atoms with van der Waals surface area (Å²) in [6, 6.07) is 0. The summed E-state index contributed by atoms with van der Waals surface area (Å²) in [7, 11) is 0. The lowest BCUT2D eigenvalue weighted by molar-refractivity contribution is 0.535. The molecule has 4 heteroatoms. The van der Waals surface area contributed by atoms with Gasteiger partial charge in [-0.3, -0.25) is 0 Å². The summed E-state index contributed by atoms with van der Waals surface area (Å²) in [5.74, 6) is 0. The fourth-order valence-electron chi connectivity index (χ4n) is 0.559. The highest BCUT2D eigenvalue weighted by Crippen LogP contribution is 2.21. The summed E-state index contributed by atoms with van der Waals surface area (Å²) in [4.78, 5) is 4.09. The van der Waals surface area contributed by atoms with Gasteiger partial charge in [0.1, 0.15) is 11.3 Å². The number of aromatic nitrogens is 2. The molecule has 0 bridgehead atoms. The van der Waals surface area contributed by atoms with Gasteiger partial charge >= 0.3 is 0 Å². The average Bonchev–Trinajstić information content (AvgIpc) is 2.38. The van der Waals surface area contributed by atoms with Crippen molar-refractivity contribution in [3.05, 3.63) is 11.3 Å². The predicted molar refractivity (Wildman–Crippen MR) is 42.0 cm³/mol. The normalized spacial score (nSPS) is 11.9. The predicted octanol–water partition coefficient (Wildman–Crippen LogP) is 0.774. The molecule has 0 saturated heterocycles. The van der Waals surface area contributed by atoms with E-state index >= 15 is 0 Å². The van der Waals surface area contributed by atoms with E-state index in [0.717, 1.165) is 5.01 Å². The summed E-state index contributed by atoms with van der Waals surface area (Å²) in [6.07, 6.45) is 1.57. The van der Waals surface area contributed by atoms with Gasteiger partial charge in [0.15, 0.2) is 0 Å². The third-order valence-electron chi connectivity index (χ3n) is 1.45. The summed E-state index contributed by atoms with van der Waals surface area (Å²) >= 11 is 1.41. The maximum absolute atomic E-state index is 5.54. The zero-order chi connectivity index (χ0) is 7.61. The summed E-state index contributed by atoms with van der Waals surface area (Å²) in [6.45, 7) is 4.74. The van der Waals surface area contributed by atoms with Gasteiger partial charge in [0.05, 0.1) is 0 Å². The first kappa shape index (κ1) is 7.63. The van der Waals surface area contributed by atoms with E-state index in [1.165, 1.54) is 11.5 Å². The Bertz CT molecular complexity index is 193. The van der Waals surface area contributed by atoms with Crippen LogP contribution < -0.4 is 5.73 Å². The Hall–Kier alpha value is -0.480. The first-order valence-electron chi connectivity index (χ1n) is 3.14. The smallest absolute Gasteiger partial charge is 0.129 e. The summed E-state index contributed by atoms with van der Waals surface area (Å²) in [5, 5.41) is 1.01. The van der Waals surface area contributed by atoms with Gasteiger partial charge in [0, 0.05) is 12.0 Å². The van der Waals surface area contributed by atoms with Crippen LogP contribution in [-0.4, -0.2) is 15.9 Å². The molecule has 0 unspecified atom stereocenters. The van der Waals surface area contributed by atoms with E-state index in [1.54, 1.807) is 6.33 Å². The molecule has 0 aliphatic rings. The van der Waals surface area contributed by atoms with E-state index in [2.05, 4.69) is 23.2 Å². The van der Waals surface area contributed by atoms with Crippen LogP contribution in [0.5, 0.6) is 0 Å². The third-order valence-corrected chi connectivity index (χ3v) is 2.48. The third kappa shape index (κ3) is 1.33. The zero-order valence-corrected chi connectivity index (χ0v) is 6.98. The van der Waals surface area contributed by atoms with E-state index in [-0.39, 0.29) is 5.41 Å². The lowest BCUT2D eigenvalue weighted by Gasteiger charge is -2.17. The Morgan fingerprint density at radius 2 is 2.40 bits per heavy atom. The van der Waals surface area contributed by atoms with Crippen molar-refractivity contribution >= 4 is 11.5 Å². The van der Waals surface area contributed by atoms with Crippen molar-refractivity contribution in [3.8, 4) is 0 Å². The standard InChI is InChI=1S/C6H11N3S/c1-6(2,3-7)5-8-4-9-10-5/h4H,3,7H2,1-2H3. The van der Waals surface area contributed by atoms with Crippen molar-refractivity contribution in [3.63, 3.8) is 0 Å². The molecule has 0 saturated carbocycles. The second-order valence-electron chi connectivity index (χ2n) is 2.83. The van der Waals surface area contributed by atoms with Crippen molar-refractivity contribution in [1.82, 2.24) is 9.36 Å². The Labute approximate surface area is 64.5 Å². The highest BCUT2D eigenvalue weighted by atomic mass is 32.1. The molecule has 0 atom stereocenters. The van der Waals surface area contributed by atoms with Gasteiger partial charge < -0.3 is 5.73 Å². The first-order valence-corrected chi connectivity index (χ1v) is 3.91. The first-order chi connectivity index (χ1) is 4.67. The van der Waals surface area contributed by atoms with Crippen LogP contribution in [0.3, 0.4) is 0 Å². The van der Waals surface area contributed by atoms with Crippen molar-refractivity contribution in [2.75, 3.05) is 6.54 Å². The van der Waals surface area contributed by atoms with E-state index in [9.17, 15) is 0 Å². The quantitative estimate of drug-likeness (QED) is 0.690. The van der Waals surface area contributed by atoms with Gasteiger partial charge in [0.25, 0.3) is 0 Å². The molecule has 0 aromatic carbocycles. The van der Waals surface area contributed by atoms with E-state index in [0.29, 0.717) is 6.54 Å². The lowest BCUT2D eigenvalue weighted by atomic mass is 9.95. The molecule has 0 aliphatic heterocycles. The van der Waals surface area contributed by atoms with E-state index < -0.39 is 0 Å². The van der Waals surface area contributed by atoms with Crippen LogP contribution in [0.4, 0.5) is 0 Å². The molecule has 56 valence electrons. The van der Waals surface area contributed by atoms with Crippen molar-refractivity contribution in [2.45, 2.75) is 19.3 Å². The Morgan fingerprint density at radius 3 is 2.80 bits per heavy atom. The minimum Gasteiger partial charge on any atom is -0.330 e. The van der Waals surface area contributed by atoms with Crippen LogP contribution in [0.15, 0.2) is 6.33 Å².